The van der Waals surface area contributed by atoms with Crippen LogP contribution in [0.15, 0.2) is 35.3 Å². The highest BCUT2D eigenvalue weighted by Crippen LogP contribution is 2.24. The Morgan fingerprint density at radius 2 is 2.12 bits per heavy atom. The summed E-state index contributed by atoms with van der Waals surface area (Å²) in [5, 5.41) is 4.06. The molecule has 1 aromatic rings. The quantitative estimate of drug-likeness (QED) is 0.347. The summed E-state index contributed by atoms with van der Waals surface area (Å²) in [6.07, 6.45) is 0. The van der Waals surface area contributed by atoms with Crippen molar-refractivity contribution in [2.75, 3.05) is 37.7 Å². The first-order valence-corrected chi connectivity index (χ1v) is 11.7. The van der Waals surface area contributed by atoms with E-state index in [1.165, 1.54) is 0 Å². The summed E-state index contributed by atoms with van der Waals surface area (Å²) in [6.45, 7) is 10.2. The third-order valence-electron chi connectivity index (χ3n) is 4.22. The van der Waals surface area contributed by atoms with Gasteiger partial charge in [-0.25, -0.2) is 0 Å². The average Bonchev–Trinajstić information content (AvgIpc) is 2.62. The van der Waals surface area contributed by atoms with Gasteiger partial charge < -0.3 is 10.2 Å². The van der Waals surface area contributed by atoms with Crippen molar-refractivity contribution in [1.29, 1.82) is 0 Å². The van der Waals surface area contributed by atoms with Gasteiger partial charge >= 0.3 is 0 Å². The molecule has 2 rings (SSSR count). The van der Waals surface area contributed by atoms with Crippen molar-refractivity contribution in [2.24, 2.45) is 10.9 Å². The van der Waals surface area contributed by atoms with Crippen LogP contribution in [0, 0.1) is 5.92 Å². The van der Waals surface area contributed by atoms with E-state index in [1.807, 2.05) is 30.3 Å². The van der Waals surface area contributed by atoms with E-state index in [4.69, 9.17) is 4.99 Å². The van der Waals surface area contributed by atoms with Crippen LogP contribution in [0.4, 0.5) is 0 Å². The Morgan fingerprint density at radius 3 is 2.77 bits per heavy atom. The van der Waals surface area contributed by atoms with Crippen LogP contribution in [-0.4, -0.2) is 58.0 Å². The number of rotatable bonds is 7. The zero-order valence-corrected chi connectivity index (χ0v) is 20.0. The van der Waals surface area contributed by atoms with Gasteiger partial charge in [-0.3, -0.25) is 9.20 Å². The molecule has 0 bridgehead atoms. The summed E-state index contributed by atoms with van der Waals surface area (Å²) in [6, 6.07) is 10.0. The maximum Gasteiger partial charge on any atom is 0.194 e. The molecule has 0 spiro atoms. The molecule has 0 radical (unpaired) electrons. The molecule has 1 aliphatic rings. The van der Waals surface area contributed by atoms with Crippen molar-refractivity contribution in [1.82, 2.24) is 10.2 Å². The highest BCUT2D eigenvalue weighted by atomic mass is 127. The molecular weight excluding hydrogens is 477 g/mol. The van der Waals surface area contributed by atoms with Gasteiger partial charge in [-0.15, -0.1) is 24.0 Å². The minimum atomic E-state index is -0.868. The summed E-state index contributed by atoms with van der Waals surface area (Å²) >= 11 is 2.07. The number of benzene rings is 1. The molecule has 4 nitrogen and oxygen atoms in total. The molecule has 2 atom stereocenters. The van der Waals surface area contributed by atoms with E-state index in [2.05, 4.69) is 42.7 Å². The van der Waals surface area contributed by atoms with E-state index in [1.54, 1.807) is 0 Å². The van der Waals surface area contributed by atoms with E-state index in [0.717, 1.165) is 36.9 Å². The second-order valence-corrected chi connectivity index (χ2v) is 9.53. The number of guanidine groups is 1. The summed E-state index contributed by atoms with van der Waals surface area (Å²) < 4.78 is 12.3. The van der Waals surface area contributed by atoms with Gasteiger partial charge in [-0.1, -0.05) is 44.2 Å². The molecule has 7 heteroatoms. The van der Waals surface area contributed by atoms with E-state index < -0.39 is 10.8 Å². The topological polar surface area (TPSA) is 44.7 Å². The van der Waals surface area contributed by atoms with Gasteiger partial charge in [0.2, 0.25) is 0 Å². The lowest BCUT2D eigenvalue weighted by Gasteiger charge is -2.36. The second kappa shape index (κ2) is 13.0. The van der Waals surface area contributed by atoms with Gasteiger partial charge in [0.1, 0.15) is 0 Å². The summed E-state index contributed by atoms with van der Waals surface area (Å²) in [7, 11) is -0.868. The van der Waals surface area contributed by atoms with Gasteiger partial charge in [0.25, 0.3) is 0 Å². The molecule has 0 aliphatic carbocycles. The Hall–Kier alpha value is -0.280. The highest BCUT2D eigenvalue weighted by molar-refractivity contribution is 14.0. The maximum absolute atomic E-state index is 12.3. The van der Waals surface area contributed by atoms with Gasteiger partial charge in [0.05, 0.1) is 6.54 Å². The van der Waals surface area contributed by atoms with Gasteiger partial charge in [0, 0.05) is 52.9 Å². The number of hydrogen-bond donors (Lipinski definition) is 1. The molecule has 1 aliphatic heterocycles. The number of hydrogen-bond acceptors (Lipinski definition) is 3. The largest absolute Gasteiger partial charge is 0.357 e. The lowest BCUT2D eigenvalue weighted by atomic mass is 10.1. The van der Waals surface area contributed by atoms with Crippen LogP contribution in [0.5, 0.6) is 0 Å². The fraction of sp³-hybridized carbons (Fsp3) is 0.632. The molecular formula is C19H32IN3OS2. The Morgan fingerprint density at radius 1 is 1.38 bits per heavy atom. The van der Waals surface area contributed by atoms with Crippen molar-refractivity contribution in [3.63, 3.8) is 0 Å². The molecule has 1 N–H and O–H groups in total. The molecule has 0 saturated carbocycles. The minimum absolute atomic E-state index is 0. The fourth-order valence-electron chi connectivity index (χ4n) is 2.78. The van der Waals surface area contributed by atoms with E-state index in [9.17, 15) is 4.21 Å². The number of halogens is 1. The van der Waals surface area contributed by atoms with Crippen molar-refractivity contribution in [3.8, 4) is 0 Å². The summed E-state index contributed by atoms with van der Waals surface area (Å²) in [4.78, 5) is 7.11. The maximum atomic E-state index is 12.3. The molecule has 26 heavy (non-hydrogen) atoms. The monoisotopic (exact) mass is 509 g/mol. The first-order chi connectivity index (χ1) is 12.1. The molecule has 0 aromatic heterocycles. The van der Waals surface area contributed by atoms with Crippen LogP contribution >= 0.6 is 35.7 Å². The van der Waals surface area contributed by atoms with Crippen LogP contribution in [-0.2, 0) is 16.6 Å². The second-order valence-electron chi connectivity index (χ2n) is 6.61. The Kier molecular flexibility index (Phi) is 11.9. The van der Waals surface area contributed by atoms with Crippen LogP contribution in [0.2, 0.25) is 0 Å². The Bertz CT molecular complexity index is 569. The highest BCUT2D eigenvalue weighted by Gasteiger charge is 2.24. The third kappa shape index (κ3) is 8.17. The third-order valence-corrected chi connectivity index (χ3v) is 7.06. The predicted octanol–water partition coefficient (Wildman–Crippen LogP) is 3.59. The first-order valence-electron chi connectivity index (χ1n) is 9.14. The van der Waals surface area contributed by atoms with Gasteiger partial charge in [0.15, 0.2) is 5.96 Å². The number of nitrogens with one attached hydrogen (secondary N) is 1. The SMILES string of the molecule is CCNC(=NCCS(=O)Cc1ccccc1)N1CCSC(C(C)C)C1.I. The van der Waals surface area contributed by atoms with Crippen LogP contribution in [0.25, 0.3) is 0 Å². The Balaban J connectivity index is 0.00000338. The van der Waals surface area contributed by atoms with Crippen molar-refractivity contribution >= 4 is 52.5 Å². The molecule has 0 amide bonds. The van der Waals surface area contributed by atoms with Gasteiger partial charge in [-0.05, 0) is 18.4 Å². The molecule has 1 heterocycles. The molecule has 1 saturated heterocycles. The lowest BCUT2D eigenvalue weighted by Crippen LogP contribution is -2.49. The van der Waals surface area contributed by atoms with Crippen molar-refractivity contribution in [3.05, 3.63) is 35.9 Å². The zero-order valence-electron chi connectivity index (χ0n) is 16.0. The van der Waals surface area contributed by atoms with Crippen LogP contribution in [0.1, 0.15) is 26.3 Å². The Labute approximate surface area is 182 Å². The summed E-state index contributed by atoms with van der Waals surface area (Å²) in [5.74, 6) is 4.02. The normalized spacial score (nSPS) is 19.2. The van der Waals surface area contributed by atoms with Crippen molar-refractivity contribution < 1.29 is 4.21 Å². The van der Waals surface area contributed by atoms with E-state index in [-0.39, 0.29) is 24.0 Å². The average molecular weight is 510 g/mol. The molecule has 1 aromatic carbocycles. The molecule has 148 valence electrons. The standard InChI is InChI=1S/C19H31N3OS2.HI/c1-4-20-19(22-11-12-24-18(14-22)16(2)3)21-10-13-25(23)15-17-8-6-5-7-9-17;/h5-9,16,18H,4,10-15H2,1-3H3,(H,20,21);1H. The minimum Gasteiger partial charge on any atom is -0.357 e. The first kappa shape index (κ1) is 23.8. The predicted molar refractivity (Wildman–Crippen MR) is 127 cm³/mol. The summed E-state index contributed by atoms with van der Waals surface area (Å²) in [5.41, 5.74) is 1.13. The van der Waals surface area contributed by atoms with Crippen LogP contribution < -0.4 is 5.32 Å². The molecule has 1 fully saturated rings. The smallest absolute Gasteiger partial charge is 0.194 e. The number of nitrogens with zero attached hydrogens (tertiary/aromatic N) is 2. The lowest BCUT2D eigenvalue weighted by molar-refractivity contribution is 0.381. The number of aliphatic imine (C=N–C) groups is 1. The number of thioether (sulfide) groups is 1. The molecule has 2 unspecified atom stereocenters. The van der Waals surface area contributed by atoms with E-state index in [0.29, 0.717) is 29.2 Å². The zero-order chi connectivity index (χ0) is 18.1. The fourth-order valence-corrected chi connectivity index (χ4v) is 5.08. The van der Waals surface area contributed by atoms with E-state index >= 15 is 0 Å². The van der Waals surface area contributed by atoms with Crippen LogP contribution in [0.3, 0.4) is 0 Å². The van der Waals surface area contributed by atoms with Crippen molar-refractivity contribution in [2.45, 2.75) is 31.8 Å². The van der Waals surface area contributed by atoms with Gasteiger partial charge in [-0.2, -0.15) is 11.8 Å².